The van der Waals surface area contributed by atoms with Gasteiger partial charge in [0.2, 0.25) is 0 Å². The molecule has 0 bridgehead atoms. The first-order valence-electron chi connectivity index (χ1n) is 6.16. The van der Waals surface area contributed by atoms with Crippen LogP contribution in [0.4, 0.5) is 4.39 Å². The maximum atomic E-state index is 12.9. The Bertz CT molecular complexity index is 599. The highest BCUT2D eigenvalue weighted by Gasteiger charge is 2.14. The molecule has 1 heterocycles. The second kappa shape index (κ2) is 5.26. The number of halogens is 1. The van der Waals surface area contributed by atoms with E-state index in [1.54, 1.807) is 19.2 Å². The molecule has 0 radical (unpaired) electrons. The lowest BCUT2D eigenvalue weighted by Crippen LogP contribution is -2.18. The van der Waals surface area contributed by atoms with Crippen LogP contribution >= 0.6 is 0 Å². The average molecular weight is 260 g/mol. The summed E-state index contributed by atoms with van der Waals surface area (Å²) >= 11 is 0. The number of nitrogens with zero attached hydrogens (tertiary/aromatic N) is 1. The van der Waals surface area contributed by atoms with E-state index in [1.165, 1.54) is 12.1 Å². The highest BCUT2D eigenvalue weighted by Crippen LogP contribution is 2.17. The third kappa shape index (κ3) is 2.67. The Morgan fingerprint density at radius 1 is 1.26 bits per heavy atom. The predicted molar refractivity (Wildman–Crippen MR) is 72.8 cm³/mol. The molecule has 4 heteroatoms. The zero-order valence-corrected chi connectivity index (χ0v) is 11.3. The van der Waals surface area contributed by atoms with Gasteiger partial charge in [0, 0.05) is 25.0 Å². The fraction of sp³-hybridized carbons (Fsp3) is 0.267. The van der Waals surface area contributed by atoms with Crippen LogP contribution in [0.5, 0.6) is 0 Å². The van der Waals surface area contributed by atoms with Gasteiger partial charge in [0.25, 0.3) is 5.91 Å². The molecular formula is C15H17FN2O. The number of hydrogen-bond acceptors (Lipinski definition) is 1. The van der Waals surface area contributed by atoms with Crippen LogP contribution in [0.25, 0.3) is 0 Å². The van der Waals surface area contributed by atoms with Crippen LogP contribution in [-0.4, -0.2) is 17.5 Å². The molecule has 0 fully saturated rings. The molecular weight excluding hydrogens is 243 g/mol. The van der Waals surface area contributed by atoms with Crippen molar-refractivity contribution in [3.05, 3.63) is 58.7 Å². The van der Waals surface area contributed by atoms with Gasteiger partial charge in [-0.05, 0) is 37.6 Å². The average Bonchev–Trinajstić information content (AvgIpc) is 2.68. The van der Waals surface area contributed by atoms with Crippen LogP contribution in [0.1, 0.15) is 27.3 Å². The largest absolute Gasteiger partial charge is 0.355 e. The van der Waals surface area contributed by atoms with Crippen LogP contribution in [0.15, 0.2) is 30.3 Å². The number of rotatable bonds is 3. The number of carbonyl (C=O) groups excluding carboxylic acids is 1. The summed E-state index contributed by atoms with van der Waals surface area (Å²) in [5, 5.41) is 2.63. The molecule has 1 amide bonds. The van der Waals surface area contributed by atoms with E-state index < -0.39 is 0 Å². The summed E-state index contributed by atoms with van der Waals surface area (Å²) in [4.78, 5) is 11.7. The molecule has 0 spiro atoms. The second-order valence-electron chi connectivity index (χ2n) is 4.58. The Balaban J connectivity index is 2.33. The number of amides is 1. The van der Waals surface area contributed by atoms with E-state index in [9.17, 15) is 9.18 Å². The molecule has 1 aromatic heterocycles. The molecule has 0 aliphatic heterocycles. The van der Waals surface area contributed by atoms with Gasteiger partial charge in [-0.15, -0.1) is 0 Å². The Kier molecular flexibility index (Phi) is 3.69. The zero-order valence-electron chi connectivity index (χ0n) is 11.3. The lowest BCUT2D eigenvalue weighted by Gasteiger charge is -2.10. The minimum atomic E-state index is -0.240. The van der Waals surface area contributed by atoms with E-state index in [0.29, 0.717) is 12.1 Å². The third-order valence-electron chi connectivity index (χ3n) is 3.30. The van der Waals surface area contributed by atoms with E-state index >= 15 is 0 Å². The Morgan fingerprint density at radius 3 is 2.47 bits per heavy atom. The van der Waals surface area contributed by atoms with E-state index in [2.05, 4.69) is 9.88 Å². The zero-order chi connectivity index (χ0) is 14.0. The first kappa shape index (κ1) is 13.3. The lowest BCUT2D eigenvalue weighted by atomic mass is 10.2. The summed E-state index contributed by atoms with van der Waals surface area (Å²) in [6, 6.07) is 8.28. The summed E-state index contributed by atoms with van der Waals surface area (Å²) in [5.41, 5.74) is 3.62. The summed E-state index contributed by atoms with van der Waals surface area (Å²) in [6.45, 7) is 4.51. The first-order valence-corrected chi connectivity index (χ1v) is 6.16. The van der Waals surface area contributed by atoms with Gasteiger partial charge < -0.3 is 9.88 Å². The maximum absolute atomic E-state index is 12.9. The SMILES string of the molecule is CNC(=O)c1cc(C)n(Cc2ccc(F)cc2)c1C. The first-order chi connectivity index (χ1) is 9.02. The van der Waals surface area contributed by atoms with Crippen LogP contribution in [0.2, 0.25) is 0 Å². The van der Waals surface area contributed by atoms with Crippen molar-refractivity contribution in [1.29, 1.82) is 0 Å². The molecule has 0 aliphatic rings. The van der Waals surface area contributed by atoms with Crippen molar-refractivity contribution in [2.45, 2.75) is 20.4 Å². The fourth-order valence-electron chi connectivity index (χ4n) is 2.18. The normalized spacial score (nSPS) is 10.5. The summed E-state index contributed by atoms with van der Waals surface area (Å²) in [7, 11) is 1.62. The Labute approximate surface area is 112 Å². The van der Waals surface area contributed by atoms with Crippen molar-refractivity contribution >= 4 is 5.91 Å². The number of nitrogens with one attached hydrogen (secondary N) is 1. The van der Waals surface area contributed by atoms with Gasteiger partial charge in [-0.25, -0.2) is 4.39 Å². The van der Waals surface area contributed by atoms with Gasteiger partial charge >= 0.3 is 0 Å². The Morgan fingerprint density at radius 2 is 1.89 bits per heavy atom. The number of benzene rings is 1. The van der Waals surface area contributed by atoms with Crippen LogP contribution in [-0.2, 0) is 6.54 Å². The molecule has 3 nitrogen and oxygen atoms in total. The molecule has 2 rings (SSSR count). The van der Waals surface area contributed by atoms with E-state index in [4.69, 9.17) is 0 Å². The molecule has 1 aromatic carbocycles. The highest BCUT2D eigenvalue weighted by atomic mass is 19.1. The van der Waals surface area contributed by atoms with E-state index in [0.717, 1.165) is 17.0 Å². The monoisotopic (exact) mass is 260 g/mol. The van der Waals surface area contributed by atoms with Gasteiger partial charge in [0.15, 0.2) is 0 Å². The summed E-state index contributed by atoms with van der Waals surface area (Å²) in [6.07, 6.45) is 0. The number of aromatic nitrogens is 1. The second-order valence-corrected chi connectivity index (χ2v) is 4.58. The third-order valence-corrected chi connectivity index (χ3v) is 3.30. The number of aryl methyl sites for hydroxylation is 1. The minimum absolute atomic E-state index is 0.0848. The number of hydrogen-bond donors (Lipinski definition) is 1. The van der Waals surface area contributed by atoms with Gasteiger partial charge in [0.05, 0.1) is 5.56 Å². The van der Waals surface area contributed by atoms with Crippen molar-refractivity contribution in [3.63, 3.8) is 0 Å². The van der Waals surface area contributed by atoms with Gasteiger partial charge in [-0.2, -0.15) is 0 Å². The van der Waals surface area contributed by atoms with Gasteiger partial charge in [-0.3, -0.25) is 4.79 Å². The topological polar surface area (TPSA) is 34.0 Å². The van der Waals surface area contributed by atoms with Crippen LogP contribution in [0.3, 0.4) is 0 Å². The molecule has 0 atom stereocenters. The minimum Gasteiger partial charge on any atom is -0.355 e. The van der Waals surface area contributed by atoms with Gasteiger partial charge in [0.1, 0.15) is 5.82 Å². The molecule has 0 unspecified atom stereocenters. The summed E-state index contributed by atoms with van der Waals surface area (Å²) < 4.78 is 14.9. The molecule has 0 saturated heterocycles. The van der Waals surface area contributed by atoms with Crippen LogP contribution in [0, 0.1) is 19.7 Å². The quantitative estimate of drug-likeness (QED) is 0.904. The van der Waals surface area contributed by atoms with E-state index in [-0.39, 0.29) is 11.7 Å². The fourth-order valence-corrected chi connectivity index (χ4v) is 2.18. The van der Waals surface area contributed by atoms with Gasteiger partial charge in [-0.1, -0.05) is 12.1 Å². The molecule has 0 aliphatic carbocycles. The molecule has 100 valence electrons. The highest BCUT2D eigenvalue weighted by molar-refractivity contribution is 5.95. The lowest BCUT2D eigenvalue weighted by molar-refractivity contribution is 0.0962. The van der Waals surface area contributed by atoms with Crippen molar-refractivity contribution in [1.82, 2.24) is 9.88 Å². The van der Waals surface area contributed by atoms with Crippen molar-refractivity contribution in [3.8, 4) is 0 Å². The van der Waals surface area contributed by atoms with Crippen LogP contribution < -0.4 is 5.32 Å². The molecule has 0 saturated carbocycles. The molecule has 19 heavy (non-hydrogen) atoms. The van der Waals surface area contributed by atoms with Crippen molar-refractivity contribution in [2.75, 3.05) is 7.05 Å². The molecule has 1 N–H and O–H groups in total. The standard InChI is InChI=1S/C15H17FN2O/c1-10-8-14(15(19)17-3)11(2)18(10)9-12-4-6-13(16)7-5-12/h4-8H,9H2,1-3H3,(H,17,19). The van der Waals surface area contributed by atoms with Crippen molar-refractivity contribution in [2.24, 2.45) is 0 Å². The summed E-state index contributed by atoms with van der Waals surface area (Å²) in [5.74, 6) is -0.325. The smallest absolute Gasteiger partial charge is 0.252 e. The predicted octanol–water partition coefficient (Wildman–Crippen LogP) is 2.65. The maximum Gasteiger partial charge on any atom is 0.252 e. The number of carbonyl (C=O) groups is 1. The van der Waals surface area contributed by atoms with E-state index in [1.807, 2.05) is 19.9 Å². The Hall–Kier alpha value is -2.10. The van der Waals surface area contributed by atoms with Crippen molar-refractivity contribution < 1.29 is 9.18 Å². The molecule has 2 aromatic rings.